The SMILES string of the molecule is CCOc1cccc(Nc2ncnc(OC)c2N)c1. The first-order chi connectivity index (χ1) is 9.24. The number of hydrogen-bond donors (Lipinski definition) is 2. The van der Waals surface area contributed by atoms with Gasteiger partial charge in [0.1, 0.15) is 17.8 Å². The fourth-order valence-corrected chi connectivity index (χ4v) is 1.61. The maximum Gasteiger partial charge on any atom is 0.242 e. The number of anilines is 3. The Labute approximate surface area is 111 Å². The maximum atomic E-state index is 5.89. The zero-order valence-corrected chi connectivity index (χ0v) is 10.9. The summed E-state index contributed by atoms with van der Waals surface area (Å²) in [6.45, 7) is 2.56. The van der Waals surface area contributed by atoms with Crippen molar-refractivity contribution in [2.24, 2.45) is 0 Å². The first kappa shape index (κ1) is 12.9. The Kier molecular flexibility index (Phi) is 4.02. The number of ether oxygens (including phenoxy) is 2. The molecule has 0 saturated carbocycles. The van der Waals surface area contributed by atoms with Gasteiger partial charge >= 0.3 is 0 Å². The van der Waals surface area contributed by atoms with Gasteiger partial charge in [-0.15, -0.1) is 0 Å². The van der Waals surface area contributed by atoms with Gasteiger partial charge in [-0.05, 0) is 19.1 Å². The van der Waals surface area contributed by atoms with E-state index >= 15 is 0 Å². The second kappa shape index (κ2) is 5.90. The van der Waals surface area contributed by atoms with Gasteiger partial charge in [-0.2, -0.15) is 4.98 Å². The van der Waals surface area contributed by atoms with E-state index in [9.17, 15) is 0 Å². The molecule has 0 saturated heterocycles. The molecule has 6 heteroatoms. The molecule has 0 unspecified atom stereocenters. The Balaban J connectivity index is 2.23. The molecule has 0 atom stereocenters. The van der Waals surface area contributed by atoms with Crippen molar-refractivity contribution in [3.8, 4) is 11.6 Å². The standard InChI is InChI=1S/C13H16N4O2/c1-3-19-10-6-4-5-9(7-10)17-12-11(14)13(18-2)16-8-15-12/h4-8H,3,14H2,1-2H3,(H,15,16,17). The van der Waals surface area contributed by atoms with Gasteiger partial charge in [-0.25, -0.2) is 4.98 Å². The third-order valence-corrected chi connectivity index (χ3v) is 2.45. The average molecular weight is 260 g/mol. The summed E-state index contributed by atoms with van der Waals surface area (Å²) in [5.41, 5.74) is 7.09. The van der Waals surface area contributed by atoms with Crippen molar-refractivity contribution >= 4 is 17.2 Å². The van der Waals surface area contributed by atoms with Crippen LogP contribution in [0.1, 0.15) is 6.92 Å². The van der Waals surface area contributed by atoms with Gasteiger partial charge in [0.15, 0.2) is 5.82 Å². The zero-order chi connectivity index (χ0) is 13.7. The lowest BCUT2D eigenvalue weighted by Crippen LogP contribution is -2.03. The number of hydrogen-bond acceptors (Lipinski definition) is 6. The van der Waals surface area contributed by atoms with Gasteiger partial charge in [0, 0.05) is 11.8 Å². The molecule has 0 aliphatic rings. The van der Waals surface area contributed by atoms with E-state index < -0.39 is 0 Å². The van der Waals surface area contributed by atoms with E-state index in [2.05, 4.69) is 15.3 Å². The monoisotopic (exact) mass is 260 g/mol. The van der Waals surface area contributed by atoms with E-state index in [0.29, 0.717) is 24.0 Å². The summed E-state index contributed by atoms with van der Waals surface area (Å²) in [7, 11) is 1.51. The molecule has 100 valence electrons. The molecule has 1 aromatic carbocycles. The highest BCUT2D eigenvalue weighted by molar-refractivity contribution is 5.72. The largest absolute Gasteiger partial charge is 0.494 e. The highest BCUT2D eigenvalue weighted by atomic mass is 16.5. The third kappa shape index (κ3) is 3.04. The molecule has 1 heterocycles. The number of nitrogens with zero attached hydrogens (tertiary/aromatic N) is 2. The minimum atomic E-state index is 0.346. The molecule has 0 aliphatic heterocycles. The number of aromatic nitrogens is 2. The molecule has 0 bridgehead atoms. The van der Waals surface area contributed by atoms with E-state index in [1.165, 1.54) is 13.4 Å². The number of nitrogen functional groups attached to an aromatic ring is 1. The quantitative estimate of drug-likeness (QED) is 0.857. The highest BCUT2D eigenvalue weighted by Crippen LogP contribution is 2.28. The number of nitrogens with two attached hydrogens (primary N) is 1. The van der Waals surface area contributed by atoms with E-state index in [0.717, 1.165) is 11.4 Å². The molecule has 3 N–H and O–H groups in total. The van der Waals surface area contributed by atoms with Crippen LogP contribution in [0.25, 0.3) is 0 Å². The Morgan fingerprint density at radius 2 is 2.16 bits per heavy atom. The van der Waals surface area contributed by atoms with Crippen LogP contribution in [0.3, 0.4) is 0 Å². The molecule has 6 nitrogen and oxygen atoms in total. The summed E-state index contributed by atoms with van der Waals surface area (Å²) >= 11 is 0. The summed E-state index contributed by atoms with van der Waals surface area (Å²) in [5.74, 6) is 1.63. The molecular formula is C13H16N4O2. The Morgan fingerprint density at radius 1 is 1.32 bits per heavy atom. The lowest BCUT2D eigenvalue weighted by atomic mass is 10.3. The lowest BCUT2D eigenvalue weighted by molar-refractivity contribution is 0.340. The van der Waals surface area contributed by atoms with Crippen LogP contribution in [0.4, 0.5) is 17.2 Å². The third-order valence-electron chi connectivity index (χ3n) is 2.45. The molecule has 0 aliphatic carbocycles. The minimum absolute atomic E-state index is 0.346. The Bertz CT molecular complexity index is 560. The summed E-state index contributed by atoms with van der Waals surface area (Å²) in [6.07, 6.45) is 1.39. The van der Waals surface area contributed by atoms with Crippen molar-refractivity contribution in [2.45, 2.75) is 6.92 Å². The van der Waals surface area contributed by atoms with Gasteiger partial charge in [-0.1, -0.05) is 6.07 Å². The zero-order valence-electron chi connectivity index (χ0n) is 10.9. The molecule has 19 heavy (non-hydrogen) atoms. The molecule has 2 rings (SSSR count). The number of rotatable bonds is 5. The molecular weight excluding hydrogens is 244 g/mol. The van der Waals surface area contributed by atoms with Crippen LogP contribution in [0.15, 0.2) is 30.6 Å². The summed E-state index contributed by atoms with van der Waals surface area (Å²) in [5, 5.41) is 3.11. The lowest BCUT2D eigenvalue weighted by Gasteiger charge is -2.11. The van der Waals surface area contributed by atoms with Crippen molar-refractivity contribution in [1.29, 1.82) is 0 Å². The topological polar surface area (TPSA) is 82.3 Å². The number of methoxy groups -OCH3 is 1. The predicted molar refractivity (Wildman–Crippen MR) is 73.9 cm³/mol. The normalized spacial score (nSPS) is 10.0. The van der Waals surface area contributed by atoms with Crippen LogP contribution in [0, 0.1) is 0 Å². The fraction of sp³-hybridized carbons (Fsp3) is 0.231. The van der Waals surface area contributed by atoms with Gasteiger partial charge < -0.3 is 20.5 Å². The van der Waals surface area contributed by atoms with Crippen molar-refractivity contribution < 1.29 is 9.47 Å². The molecule has 0 radical (unpaired) electrons. The van der Waals surface area contributed by atoms with E-state index in [4.69, 9.17) is 15.2 Å². The number of benzene rings is 1. The molecule has 2 aromatic rings. The second-order valence-electron chi connectivity index (χ2n) is 3.73. The van der Waals surface area contributed by atoms with Gasteiger partial charge in [-0.3, -0.25) is 0 Å². The molecule has 0 fully saturated rings. The maximum absolute atomic E-state index is 5.89. The second-order valence-corrected chi connectivity index (χ2v) is 3.73. The predicted octanol–water partition coefficient (Wildman–Crippen LogP) is 2.21. The van der Waals surface area contributed by atoms with Crippen molar-refractivity contribution in [3.05, 3.63) is 30.6 Å². The van der Waals surface area contributed by atoms with E-state index in [1.807, 2.05) is 31.2 Å². The van der Waals surface area contributed by atoms with Crippen LogP contribution in [0.5, 0.6) is 11.6 Å². The number of nitrogens with one attached hydrogen (secondary N) is 1. The van der Waals surface area contributed by atoms with E-state index in [1.54, 1.807) is 0 Å². The fourth-order valence-electron chi connectivity index (χ4n) is 1.61. The van der Waals surface area contributed by atoms with Crippen LogP contribution in [-0.4, -0.2) is 23.7 Å². The van der Waals surface area contributed by atoms with Crippen LogP contribution < -0.4 is 20.5 Å². The first-order valence-corrected chi connectivity index (χ1v) is 5.89. The molecule has 1 aromatic heterocycles. The summed E-state index contributed by atoms with van der Waals surface area (Å²) in [6, 6.07) is 7.55. The van der Waals surface area contributed by atoms with Crippen molar-refractivity contribution in [2.75, 3.05) is 24.8 Å². The van der Waals surface area contributed by atoms with Gasteiger partial charge in [0.25, 0.3) is 0 Å². The Hall–Kier alpha value is -2.50. The summed E-state index contributed by atoms with van der Waals surface area (Å²) in [4.78, 5) is 8.01. The molecule has 0 amide bonds. The Morgan fingerprint density at radius 3 is 2.89 bits per heavy atom. The van der Waals surface area contributed by atoms with Crippen LogP contribution in [0.2, 0.25) is 0 Å². The minimum Gasteiger partial charge on any atom is -0.494 e. The van der Waals surface area contributed by atoms with Crippen molar-refractivity contribution in [3.63, 3.8) is 0 Å². The first-order valence-electron chi connectivity index (χ1n) is 5.89. The van der Waals surface area contributed by atoms with Crippen molar-refractivity contribution in [1.82, 2.24) is 9.97 Å². The van der Waals surface area contributed by atoms with Gasteiger partial charge in [0.05, 0.1) is 13.7 Å². The van der Waals surface area contributed by atoms with Crippen LogP contribution >= 0.6 is 0 Å². The van der Waals surface area contributed by atoms with E-state index in [-0.39, 0.29) is 0 Å². The highest BCUT2D eigenvalue weighted by Gasteiger charge is 2.08. The summed E-state index contributed by atoms with van der Waals surface area (Å²) < 4.78 is 10.5. The average Bonchev–Trinajstić information content (AvgIpc) is 2.42. The smallest absolute Gasteiger partial charge is 0.242 e. The molecule has 0 spiro atoms. The van der Waals surface area contributed by atoms with Gasteiger partial charge in [0.2, 0.25) is 5.88 Å². The van der Waals surface area contributed by atoms with Crippen LogP contribution in [-0.2, 0) is 0 Å².